The molecule has 2 heterocycles. The van der Waals surface area contributed by atoms with Gasteiger partial charge in [-0.15, -0.1) is 0 Å². The smallest absolute Gasteiger partial charge is 0.260 e. The Morgan fingerprint density at radius 3 is 2.47 bits per heavy atom. The minimum absolute atomic E-state index is 0.0451. The van der Waals surface area contributed by atoms with Crippen molar-refractivity contribution in [3.05, 3.63) is 36.0 Å². The van der Waals surface area contributed by atoms with Crippen LogP contribution in [-0.4, -0.2) is 72.6 Å². The molecule has 10 heteroatoms. The molecule has 1 aromatic carbocycles. The fourth-order valence-electron chi connectivity index (χ4n) is 3.34. The van der Waals surface area contributed by atoms with E-state index in [0.29, 0.717) is 44.4 Å². The largest absolute Gasteiger partial charge is 0.494 e. The van der Waals surface area contributed by atoms with E-state index in [1.54, 1.807) is 24.3 Å². The number of benzene rings is 1. The molecule has 2 amide bonds. The van der Waals surface area contributed by atoms with Crippen LogP contribution in [0, 0.1) is 0 Å². The van der Waals surface area contributed by atoms with E-state index in [1.165, 1.54) is 6.20 Å². The first kappa shape index (κ1) is 23.3. The Hall–Kier alpha value is -3.40. The van der Waals surface area contributed by atoms with Gasteiger partial charge in [0.1, 0.15) is 17.1 Å². The number of carbonyl (C=O) groups is 2. The molecular formula is C22H31N7O3. The predicted octanol–water partition coefficient (Wildman–Crippen LogP) is 1.36. The van der Waals surface area contributed by atoms with Crippen molar-refractivity contribution in [1.82, 2.24) is 20.2 Å². The first-order valence-corrected chi connectivity index (χ1v) is 10.9. The van der Waals surface area contributed by atoms with Crippen molar-refractivity contribution in [3.8, 4) is 5.75 Å². The van der Waals surface area contributed by atoms with Crippen LogP contribution in [0.1, 0.15) is 30.6 Å². The topological polar surface area (TPSA) is 126 Å². The fraction of sp³-hybridized carbons (Fsp3) is 0.455. The van der Waals surface area contributed by atoms with Crippen LogP contribution in [0.25, 0.3) is 0 Å². The van der Waals surface area contributed by atoms with Crippen molar-refractivity contribution in [3.63, 3.8) is 0 Å². The number of hydrogen-bond donors (Lipinski definition) is 3. The van der Waals surface area contributed by atoms with Gasteiger partial charge >= 0.3 is 0 Å². The average Bonchev–Trinajstić information content (AvgIpc) is 2.79. The fourth-order valence-corrected chi connectivity index (χ4v) is 3.34. The number of carbonyl (C=O) groups excluding carboxylic acids is 2. The normalized spacial score (nSPS) is 14.1. The molecular weight excluding hydrogens is 410 g/mol. The molecule has 0 aliphatic carbocycles. The van der Waals surface area contributed by atoms with Gasteiger partial charge in [0.25, 0.3) is 5.91 Å². The van der Waals surface area contributed by atoms with Gasteiger partial charge in [-0.25, -0.2) is 4.98 Å². The number of aromatic nitrogens is 2. The van der Waals surface area contributed by atoms with Crippen molar-refractivity contribution in [2.45, 2.75) is 20.3 Å². The van der Waals surface area contributed by atoms with Gasteiger partial charge in [0, 0.05) is 44.6 Å². The first-order chi connectivity index (χ1) is 15.5. The Kier molecular flexibility index (Phi) is 8.20. The summed E-state index contributed by atoms with van der Waals surface area (Å²) >= 11 is 0. The Bertz CT molecular complexity index is 912. The van der Waals surface area contributed by atoms with Crippen molar-refractivity contribution in [2.75, 3.05) is 61.8 Å². The van der Waals surface area contributed by atoms with Crippen LogP contribution in [0.5, 0.6) is 5.75 Å². The number of amides is 2. The molecule has 0 saturated carbocycles. The molecule has 1 aliphatic heterocycles. The van der Waals surface area contributed by atoms with Gasteiger partial charge in [-0.3, -0.25) is 14.5 Å². The lowest BCUT2D eigenvalue weighted by Crippen LogP contribution is -2.50. The Labute approximate surface area is 188 Å². The summed E-state index contributed by atoms with van der Waals surface area (Å²) in [5, 5.41) is 5.69. The predicted molar refractivity (Wildman–Crippen MR) is 124 cm³/mol. The summed E-state index contributed by atoms with van der Waals surface area (Å²) in [4.78, 5) is 37.3. The van der Waals surface area contributed by atoms with Gasteiger partial charge in [-0.1, -0.05) is 6.92 Å². The molecule has 1 saturated heterocycles. The number of ether oxygens (including phenoxy) is 1. The highest BCUT2D eigenvalue weighted by molar-refractivity contribution is 6.07. The summed E-state index contributed by atoms with van der Waals surface area (Å²) < 4.78 is 5.40. The SMILES string of the molecule is CCCNC(=O)CN1CCN(c2ncc(C(=O)Nc3ccc(OCC)cc3)c(N)n2)CC1. The van der Waals surface area contributed by atoms with E-state index in [0.717, 1.165) is 25.3 Å². The number of nitrogens with zero attached hydrogens (tertiary/aromatic N) is 4. The zero-order valence-electron chi connectivity index (χ0n) is 18.6. The molecule has 0 atom stereocenters. The molecule has 32 heavy (non-hydrogen) atoms. The lowest BCUT2D eigenvalue weighted by atomic mass is 10.2. The summed E-state index contributed by atoms with van der Waals surface area (Å²) in [7, 11) is 0. The van der Waals surface area contributed by atoms with Crippen molar-refractivity contribution in [2.24, 2.45) is 0 Å². The van der Waals surface area contributed by atoms with Gasteiger partial charge < -0.3 is 26.0 Å². The quantitative estimate of drug-likeness (QED) is 0.533. The molecule has 0 radical (unpaired) electrons. The molecule has 4 N–H and O–H groups in total. The summed E-state index contributed by atoms with van der Waals surface area (Å²) in [5.41, 5.74) is 6.91. The third kappa shape index (κ3) is 6.30. The second-order valence-corrected chi connectivity index (χ2v) is 7.49. The maximum absolute atomic E-state index is 12.6. The number of nitrogens with one attached hydrogen (secondary N) is 2. The van der Waals surface area contributed by atoms with Crippen LogP contribution in [0.3, 0.4) is 0 Å². The van der Waals surface area contributed by atoms with Crippen LogP contribution in [0.2, 0.25) is 0 Å². The summed E-state index contributed by atoms with van der Waals surface area (Å²) in [6.45, 7) is 8.41. The van der Waals surface area contributed by atoms with Crippen LogP contribution in [0.15, 0.2) is 30.5 Å². The van der Waals surface area contributed by atoms with E-state index in [9.17, 15) is 9.59 Å². The van der Waals surface area contributed by atoms with E-state index in [1.807, 2.05) is 18.7 Å². The molecule has 0 unspecified atom stereocenters. The number of nitrogen functional groups attached to an aromatic ring is 1. The summed E-state index contributed by atoms with van der Waals surface area (Å²) in [5.74, 6) is 1.01. The third-order valence-corrected chi connectivity index (χ3v) is 5.07. The monoisotopic (exact) mass is 441 g/mol. The maximum Gasteiger partial charge on any atom is 0.260 e. The van der Waals surface area contributed by atoms with Crippen LogP contribution in [-0.2, 0) is 4.79 Å². The summed E-state index contributed by atoms with van der Waals surface area (Å²) in [6.07, 6.45) is 2.37. The molecule has 0 spiro atoms. The highest BCUT2D eigenvalue weighted by Crippen LogP contribution is 2.19. The van der Waals surface area contributed by atoms with Crippen molar-refractivity contribution < 1.29 is 14.3 Å². The average molecular weight is 442 g/mol. The summed E-state index contributed by atoms with van der Waals surface area (Å²) in [6, 6.07) is 7.09. The number of piperazine rings is 1. The van der Waals surface area contributed by atoms with Gasteiger partial charge in [0.15, 0.2) is 0 Å². The van der Waals surface area contributed by atoms with E-state index < -0.39 is 0 Å². The van der Waals surface area contributed by atoms with E-state index in [2.05, 4.69) is 25.5 Å². The zero-order chi connectivity index (χ0) is 22.9. The van der Waals surface area contributed by atoms with Crippen molar-refractivity contribution in [1.29, 1.82) is 0 Å². The highest BCUT2D eigenvalue weighted by Gasteiger charge is 2.22. The van der Waals surface area contributed by atoms with Gasteiger partial charge in [-0.2, -0.15) is 4.98 Å². The Morgan fingerprint density at radius 1 is 1.12 bits per heavy atom. The second kappa shape index (κ2) is 11.3. The minimum atomic E-state index is -0.374. The number of rotatable bonds is 9. The van der Waals surface area contributed by atoms with Crippen LogP contribution in [0.4, 0.5) is 17.5 Å². The second-order valence-electron chi connectivity index (χ2n) is 7.49. The van der Waals surface area contributed by atoms with E-state index in [4.69, 9.17) is 10.5 Å². The van der Waals surface area contributed by atoms with Crippen LogP contribution < -0.4 is 26.0 Å². The Balaban J connectivity index is 1.54. The number of anilines is 3. The minimum Gasteiger partial charge on any atom is -0.494 e. The van der Waals surface area contributed by atoms with Crippen LogP contribution >= 0.6 is 0 Å². The Morgan fingerprint density at radius 2 is 1.84 bits per heavy atom. The van der Waals surface area contributed by atoms with Gasteiger partial charge in [-0.05, 0) is 37.6 Å². The maximum atomic E-state index is 12.6. The third-order valence-electron chi connectivity index (χ3n) is 5.07. The van der Waals surface area contributed by atoms with Crippen molar-refractivity contribution >= 4 is 29.3 Å². The molecule has 1 fully saturated rings. The van der Waals surface area contributed by atoms with E-state index >= 15 is 0 Å². The first-order valence-electron chi connectivity index (χ1n) is 10.9. The molecule has 2 aromatic rings. The molecule has 1 aliphatic rings. The molecule has 1 aromatic heterocycles. The lowest BCUT2D eigenvalue weighted by molar-refractivity contribution is -0.122. The van der Waals surface area contributed by atoms with Gasteiger partial charge in [0.2, 0.25) is 11.9 Å². The molecule has 3 rings (SSSR count). The highest BCUT2D eigenvalue weighted by atomic mass is 16.5. The number of nitrogens with two attached hydrogens (primary N) is 1. The van der Waals surface area contributed by atoms with Gasteiger partial charge in [0.05, 0.1) is 13.2 Å². The molecule has 10 nitrogen and oxygen atoms in total. The number of hydrogen-bond acceptors (Lipinski definition) is 8. The molecule has 0 bridgehead atoms. The van der Waals surface area contributed by atoms with E-state index in [-0.39, 0.29) is 23.2 Å². The molecule has 172 valence electrons. The lowest BCUT2D eigenvalue weighted by Gasteiger charge is -2.34. The standard InChI is InChI=1S/C22H31N7O3/c1-3-9-24-19(30)15-28-10-12-29(13-11-28)22-25-14-18(20(23)27-22)21(31)26-16-5-7-17(8-6-16)32-4-2/h5-8,14H,3-4,9-13,15H2,1-2H3,(H,24,30)(H,26,31)(H2,23,25,27). The zero-order valence-corrected chi connectivity index (χ0v) is 18.6.